The second-order valence-electron chi connectivity index (χ2n) is 5.91. The lowest BCUT2D eigenvalue weighted by Gasteiger charge is -2.16. The fourth-order valence-electron chi connectivity index (χ4n) is 2.18. The Hall–Kier alpha value is -3.42. The van der Waals surface area contributed by atoms with Crippen molar-refractivity contribution in [1.29, 1.82) is 0 Å². The van der Waals surface area contributed by atoms with Crippen molar-refractivity contribution in [1.82, 2.24) is 15.2 Å². The molecule has 2 aromatic rings. The van der Waals surface area contributed by atoms with Crippen molar-refractivity contribution in [2.75, 3.05) is 25.5 Å². The molecule has 8 heteroatoms. The number of carbonyl (C=O) groups excluding carboxylic acids is 3. The molecule has 142 valence electrons. The average Bonchev–Trinajstić information content (AvgIpc) is 3.13. The number of anilines is 1. The lowest BCUT2D eigenvalue weighted by atomic mass is 10.3. The van der Waals surface area contributed by atoms with Gasteiger partial charge in [-0.05, 0) is 42.8 Å². The van der Waals surface area contributed by atoms with Crippen LogP contribution in [0.25, 0.3) is 6.08 Å². The third kappa shape index (κ3) is 7.15. The first-order valence-corrected chi connectivity index (χ1v) is 8.40. The monoisotopic (exact) mass is 370 g/mol. The van der Waals surface area contributed by atoms with E-state index in [9.17, 15) is 14.4 Å². The zero-order valence-corrected chi connectivity index (χ0v) is 15.3. The summed E-state index contributed by atoms with van der Waals surface area (Å²) in [6.45, 7) is 1.97. The van der Waals surface area contributed by atoms with Gasteiger partial charge in [0.1, 0.15) is 11.6 Å². The molecular weight excluding hydrogens is 348 g/mol. The van der Waals surface area contributed by atoms with Crippen molar-refractivity contribution in [3.8, 4) is 0 Å². The molecular formula is C19H22N4O4. The Bertz CT molecular complexity index is 815. The van der Waals surface area contributed by atoms with Gasteiger partial charge in [-0.25, -0.2) is 4.98 Å². The van der Waals surface area contributed by atoms with Crippen LogP contribution in [0.2, 0.25) is 0 Å². The van der Waals surface area contributed by atoms with Gasteiger partial charge in [-0.15, -0.1) is 0 Å². The van der Waals surface area contributed by atoms with Crippen LogP contribution in [0.4, 0.5) is 5.82 Å². The number of nitrogens with zero attached hydrogens (tertiary/aromatic N) is 2. The van der Waals surface area contributed by atoms with Crippen LogP contribution in [0.3, 0.4) is 0 Å². The van der Waals surface area contributed by atoms with Gasteiger partial charge in [0.15, 0.2) is 0 Å². The van der Waals surface area contributed by atoms with E-state index in [1.165, 1.54) is 30.4 Å². The molecule has 3 amide bonds. The smallest absolute Gasteiger partial charge is 0.245 e. The molecule has 2 heterocycles. The van der Waals surface area contributed by atoms with E-state index in [0.717, 1.165) is 5.56 Å². The summed E-state index contributed by atoms with van der Waals surface area (Å²) in [6.07, 6.45) is 6.06. The molecule has 0 saturated carbocycles. The Kier molecular flexibility index (Phi) is 7.30. The summed E-state index contributed by atoms with van der Waals surface area (Å²) >= 11 is 0. The first-order chi connectivity index (χ1) is 12.9. The van der Waals surface area contributed by atoms with Crippen LogP contribution in [-0.4, -0.2) is 47.7 Å². The maximum atomic E-state index is 12.1. The number of carbonyl (C=O) groups is 3. The third-order valence-corrected chi connectivity index (χ3v) is 3.57. The zero-order valence-electron chi connectivity index (χ0n) is 15.3. The SMILES string of the molecule is Cc1ccnc(NC(=O)CN(C)C(=O)CCNC(=O)/C=C/c2ccco2)c1. The number of pyridine rings is 1. The van der Waals surface area contributed by atoms with Crippen LogP contribution < -0.4 is 10.6 Å². The number of likely N-dealkylation sites (N-methyl/N-ethyl adjacent to an activating group) is 1. The average molecular weight is 370 g/mol. The van der Waals surface area contributed by atoms with E-state index in [1.807, 2.05) is 13.0 Å². The van der Waals surface area contributed by atoms with Crippen molar-refractivity contribution in [3.63, 3.8) is 0 Å². The highest BCUT2D eigenvalue weighted by molar-refractivity contribution is 5.94. The molecule has 2 rings (SSSR count). The van der Waals surface area contributed by atoms with Gasteiger partial charge in [0.05, 0.1) is 12.8 Å². The Balaban J connectivity index is 1.68. The Morgan fingerprint density at radius 3 is 2.81 bits per heavy atom. The molecule has 0 aromatic carbocycles. The Morgan fingerprint density at radius 1 is 1.30 bits per heavy atom. The summed E-state index contributed by atoms with van der Waals surface area (Å²) in [5.41, 5.74) is 0.974. The summed E-state index contributed by atoms with van der Waals surface area (Å²) in [6, 6.07) is 7.01. The summed E-state index contributed by atoms with van der Waals surface area (Å²) < 4.78 is 5.07. The first-order valence-electron chi connectivity index (χ1n) is 8.40. The van der Waals surface area contributed by atoms with Gasteiger partial charge in [-0.3, -0.25) is 14.4 Å². The number of aromatic nitrogens is 1. The van der Waals surface area contributed by atoms with Gasteiger partial charge in [0.2, 0.25) is 17.7 Å². The fraction of sp³-hybridized carbons (Fsp3) is 0.263. The highest BCUT2D eigenvalue weighted by Crippen LogP contribution is 2.05. The predicted octanol–water partition coefficient (Wildman–Crippen LogP) is 1.60. The van der Waals surface area contributed by atoms with Gasteiger partial charge in [0, 0.05) is 32.3 Å². The summed E-state index contributed by atoms with van der Waals surface area (Å²) in [5, 5.41) is 5.25. The second-order valence-corrected chi connectivity index (χ2v) is 5.91. The number of nitrogens with one attached hydrogen (secondary N) is 2. The molecule has 27 heavy (non-hydrogen) atoms. The van der Waals surface area contributed by atoms with E-state index in [4.69, 9.17) is 4.42 Å². The van der Waals surface area contributed by atoms with Crippen molar-refractivity contribution in [2.45, 2.75) is 13.3 Å². The minimum absolute atomic E-state index is 0.0901. The molecule has 0 spiro atoms. The van der Waals surface area contributed by atoms with Crippen LogP contribution in [0.15, 0.2) is 47.2 Å². The Morgan fingerprint density at radius 2 is 2.11 bits per heavy atom. The second kappa shape index (κ2) is 9.91. The number of hydrogen-bond donors (Lipinski definition) is 2. The quantitative estimate of drug-likeness (QED) is 0.687. The predicted molar refractivity (Wildman–Crippen MR) is 101 cm³/mol. The molecule has 0 unspecified atom stereocenters. The van der Waals surface area contributed by atoms with Gasteiger partial charge < -0.3 is 20.0 Å². The van der Waals surface area contributed by atoms with Crippen LogP contribution in [0.5, 0.6) is 0 Å². The highest BCUT2D eigenvalue weighted by Gasteiger charge is 2.13. The van der Waals surface area contributed by atoms with Crippen molar-refractivity contribution < 1.29 is 18.8 Å². The van der Waals surface area contributed by atoms with Crippen molar-refractivity contribution in [3.05, 3.63) is 54.1 Å². The highest BCUT2D eigenvalue weighted by atomic mass is 16.3. The molecule has 2 N–H and O–H groups in total. The molecule has 0 fully saturated rings. The number of aryl methyl sites for hydroxylation is 1. The van der Waals surface area contributed by atoms with E-state index >= 15 is 0 Å². The summed E-state index contributed by atoms with van der Waals surface area (Å²) in [4.78, 5) is 41.0. The van der Waals surface area contributed by atoms with E-state index < -0.39 is 0 Å². The number of hydrogen-bond acceptors (Lipinski definition) is 5. The van der Waals surface area contributed by atoms with Crippen molar-refractivity contribution >= 4 is 29.6 Å². The standard InChI is InChI=1S/C19H22N4O4/c1-14-7-9-20-16(12-14)22-18(25)13-23(2)19(26)8-10-21-17(24)6-5-15-4-3-11-27-15/h3-7,9,11-12H,8,10,13H2,1-2H3,(H,21,24)(H,20,22,25)/b6-5+. The number of furan rings is 1. The normalized spacial score (nSPS) is 10.6. The lowest BCUT2D eigenvalue weighted by Crippen LogP contribution is -2.37. The summed E-state index contributed by atoms with van der Waals surface area (Å²) in [5.74, 6) is 0.0867. The van der Waals surface area contributed by atoms with Gasteiger partial charge in [0.25, 0.3) is 0 Å². The van der Waals surface area contributed by atoms with Crippen LogP contribution in [-0.2, 0) is 14.4 Å². The number of rotatable bonds is 8. The topological polar surface area (TPSA) is 105 Å². The molecule has 0 saturated heterocycles. The molecule has 2 aromatic heterocycles. The first kappa shape index (κ1) is 19.9. The van der Waals surface area contributed by atoms with E-state index in [-0.39, 0.29) is 37.2 Å². The molecule has 0 aliphatic heterocycles. The molecule has 0 radical (unpaired) electrons. The van der Waals surface area contributed by atoms with Crippen molar-refractivity contribution in [2.24, 2.45) is 0 Å². The molecule has 0 bridgehead atoms. The van der Waals surface area contributed by atoms with Gasteiger partial charge in [-0.2, -0.15) is 0 Å². The van der Waals surface area contributed by atoms with E-state index in [0.29, 0.717) is 11.6 Å². The molecule has 0 atom stereocenters. The van der Waals surface area contributed by atoms with Gasteiger partial charge in [-0.1, -0.05) is 0 Å². The minimum Gasteiger partial charge on any atom is -0.465 e. The van der Waals surface area contributed by atoms with E-state index in [1.54, 1.807) is 24.4 Å². The summed E-state index contributed by atoms with van der Waals surface area (Å²) in [7, 11) is 1.53. The molecule has 8 nitrogen and oxygen atoms in total. The maximum Gasteiger partial charge on any atom is 0.245 e. The molecule has 0 aliphatic carbocycles. The Labute approximate surface area is 157 Å². The molecule has 0 aliphatic rings. The maximum absolute atomic E-state index is 12.1. The fourth-order valence-corrected chi connectivity index (χ4v) is 2.18. The minimum atomic E-state index is -0.339. The lowest BCUT2D eigenvalue weighted by molar-refractivity contribution is -0.133. The zero-order chi connectivity index (χ0) is 19.6. The van der Waals surface area contributed by atoms with E-state index in [2.05, 4.69) is 15.6 Å². The third-order valence-electron chi connectivity index (χ3n) is 3.57. The van der Waals surface area contributed by atoms with Crippen LogP contribution >= 0.6 is 0 Å². The largest absolute Gasteiger partial charge is 0.465 e. The van der Waals surface area contributed by atoms with Crippen LogP contribution in [0.1, 0.15) is 17.7 Å². The van der Waals surface area contributed by atoms with Gasteiger partial charge >= 0.3 is 0 Å². The number of amides is 3. The van der Waals surface area contributed by atoms with Crippen LogP contribution in [0, 0.1) is 6.92 Å².